The van der Waals surface area contributed by atoms with Crippen molar-refractivity contribution in [2.75, 3.05) is 13.2 Å². The van der Waals surface area contributed by atoms with Gasteiger partial charge in [0.1, 0.15) is 0 Å². The van der Waals surface area contributed by atoms with Crippen LogP contribution in [0.25, 0.3) is 0 Å². The third kappa shape index (κ3) is 6.41. The van der Waals surface area contributed by atoms with E-state index in [0.29, 0.717) is 13.2 Å². The molecule has 0 saturated heterocycles. The molecule has 176 valence electrons. The Morgan fingerprint density at radius 2 is 0.909 bits per heavy atom. The van der Waals surface area contributed by atoms with Crippen molar-refractivity contribution in [1.82, 2.24) is 0 Å². The minimum atomic E-state index is -2.70. The fraction of sp³-hybridized carbons (Fsp3) is 0.333. The highest BCUT2D eigenvalue weighted by atomic mass is 28.4. The molecule has 0 atom stereocenters. The van der Waals surface area contributed by atoms with Crippen LogP contribution in [0.15, 0.2) is 91.0 Å². The van der Waals surface area contributed by atoms with E-state index in [1.165, 1.54) is 15.6 Å². The summed E-state index contributed by atoms with van der Waals surface area (Å²) in [5, 5.41) is 3.87. The lowest BCUT2D eigenvalue weighted by Gasteiger charge is -2.41. The van der Waals surface area contributed by atoms with Crippen LogP contribution < -0.4 is 15.6 Å². The molecule has 3 aromatic rings. The van der Waals surface area contributed by atoms with Gasteiger partial charge < -0.3 is 13.0 Å². The van der Waals surface area contributed by atoms with Gasteiger partial charge in [0.15, 0.2) is 8.32 Å². The Hall–Kier alpha value is -1.81. The van der Waals surface area contributed by atoms with E-state index in [0.717, 1.165) is 12.1 Å². The summed E-state index contributed by atoms with van der Waals surface area (Å²) in [7, 11) is -7.02. The van der Waals surface area contributed by atoms with Gasteiger partial charge in [0.2, 0.25) is 0 Å². The first-order chi connectivity index (χ1) is 15.9. The maximum absolute atomic E-state index is 7.52. The van der Waals surface area contributed by atoms with E-state index < -0.39 is 25.2 Å². The zero-order valence-corrected chi connectivity index (χ0v) is 23.7. The largest absolute Gasteiger partial charge is 0.446 e. The second-order valence-corrected chi connectivity index (χ2v) is 20.4. The Balaban J connectivity index is 2.06. The second kappa shape index (κ2) is 11.6. The van der Waals surface area contributed by atoms with E-state index in [9.17, 15) is 0 Å². The minimum Gasteiger partial charge on any atom is -0.446 e. The molecule has 0 spiro atoms. The Morgan fingerprint density at radius 3 is 1.24 bits per heavy atom. The van der Waals surface area contributed by atoms with E-state index in [-0.39, 0.29) is 0 Å². The minimum absolute atomic E-state index is 0.697. The van der Waals surface area contributed by atoms with Gasteiger partial charge in [-0.25, -0.2) is 0 Å². The molecule has 0 saturated carbocycles. The molecule has 0 aliphatic rings. The lowest BCUT2D eigenvalue weighted by Crippen LogP contribution is -2.72. The van der Waals surface area contributed by atoms with Crippen LogP contribution in [0.2, 0.25) is 31.7 Å². The van der Waals surface area contributed by atoms with Crippen LogP contribution in [0, 0.1) is 0 Å². The third-order valence-electron chi connectivity index (χ3n) is 6.05. The summed E-state index contributed by atoms with van der Waals surface area (Å²) in [6.45, 7) is 12.4. The molecular formula is C27H38O3Si3. The number of benzene rings is 3. The average Bonchev–Trinajstić information content (AvgIpc) is 2.83. The normalized spacial score (nSPS) is 12.6. The van der Waals surface area contributed by atoms with Crippen molar-refractivity contribution in [1.29, 1.82) is 0 Å². The van der Waals surface area contributed by atoms with Gasteiger partial charge in [-0.05, 0) is 61.1 Å². The zero-order chi connectivity index (χ0) is 23.8. The molecule has 6 heteroatoms. The topological polar surface area (TPSA) is 27.7 Å². The van der Waals surface area contributed by atoms with E-state index in [1.807, 2.05) is 0 Å². The van der Waals surface area contributed by atoms with Crippen LogP contribution in [0.5, 0.6) is 0 Å². The quantitative estimate of drug-likeness (QED) is 0.261. The van der Waals surface area contributed by atoms with Crippen LogP contribution >= 0.6 is 0 Å². The summed E-state index contributed by atoms with van der Waals surface area (Å²) in [6, 6.07) is 34.5. The van der Waals surface area contributed by atoms with E-state index in [4.69, 9.17) is 13.0 Å². The summed E-state index contributed by atoms with van der Waals surface area (Å²) >= 11 is 0. The molecule has 0 unspecified atom stereocenters. The number of hydrogen-bond donors (Lipinski definition) is 0. The van der Waals surface area contributed by atoms with Gasteiger partial charge in [0, 0.05) is 13.2 Å². The smallest absolute Gasteiger partial charge is 0.334 e. The third-order valence-corrected chi connectivity index (χ3v) is 17.8. The van der Waals surface area contributed by atoms with Crippen molar-refractivity contribution in [3.05, 3.63) is 91.0 Å². The summed E-state index contributed by atoms with van der Waals surface area (Å²) in [6.07, 6.45) is 0. The molecule has 0 aliphatic carbocycles. The average molecular weight is 495 g/mol. The molecule has 0 radical (unpaired) electrons. The lowest BCUT2D eigenvalue weighted by molar-refractivity contribution is 0.190. The van der Waals surface area contributed by atoms with Gasteiger partial charge in [-0.2, -0.15) is 0 Å². The van der Waals surface area contributed by atoms with Crippen molar-refractivity contribution in [2.45, 2.75) is 45.6 Å². The predicted octanol–water partition coefficient (Wildman–Crippen LogP) is 5.02. The standard InChI is InChI=1S/C27H38O3Si3/c1-6-28-32(5,29-7-2)24-23-31(3,4)30-33(25-17-11-8-12-18-25,26-19-13-9-14-20-26)27-21-15-10-16-22-27/h8-22H,6-7,23-24H2,1-5H3. The summed E-state index contributed by atoms with van der Waals surface area (Å²) in [5.41, 5.74) is 0. The maximum atomic E-state index is 7.52. The van der Waals surface area contributed by atoms with Crippen LogP contribution in [-0.2, 0) is 13.0 Å². The molecule has 0 aromatic heterocycles. The van der Waals surface area contributed by atoms with Gasteiger partial charge in [0.05, 0.1) is 0 Å². The molecule has 3 aromatic carbocycles. The monoisotopic (exact) mass is 494 g/mol. The lowest BCUT2D eigenvalue weighted by atomic mass is 10.3. The zero-order valence-electron chi connectivity index (χ0n) is 20.7. The van der Waals surface area contributed by atoms with Crippen LogP contribution in [0.1, 0.15) is 13.8 Å². The molecule has 3 nitrogen and oxygen atoms in total. The van der Waals surface area contributed by atoms with Crippen molar-refractivity contribution in [2.24, 2.45) is 0 Å². The van der Waals surface area contributed by atoms with Crippen LogP contribution in [0.4, 0.5) is 0 Å². The highest BCUT2D eigenvalue weighted by Gasteiger charge is 2.47. The first kappa shape index (κ1) is 25.8. The second-order valence-electron chi connectivity index (χ2n) is 9.14. The maximum Gasteiger partial charge on any atom is 0.334 e. The molecule has 0 bridgehead atoms. The van der Waals surface area contributed by atoms with Crippen molar-refractivity contribution < 1.29 is 13.0 Å². The van der Waals surface area contributed by atoms with Gasteiger partial charge in [-0.1, -0.05) is 91.0 Å². The summed E-state index contributed by atoms with van der Waals surface area (Å²) in [5.74, 6) is 0. The Morgan fingerprint density at radius 1 is 0.545 bits per heavy atom. The van der Waals surface area contributed by atoms with Crippen LogP contribution in [0.3, 0.4) is 0 Å². The van der Waals surface area contributed by atoms with Gasteiger partial charge in [-0.3, -0.25) is 0 Å². The SMILES string of the molecule is CCO[Si](C)(CC[Si](C)(C)O[Si](c1ccccc1)(c1ccccc1)c1ccccc1)OCC. The van der Waals surface area contributed by atoms with Gasteiger partial charge >= 0.3 is 8.56 Å². The van der Waals surface area contributed by atoms with Crippen LogP contribution in [-0.4, -0.2) is 38.4 Å². The first-order valence-electron chi connectivity index (χ1n) is 12.0. The van der Waals surface area contributed by atoms with Crippen molar-refractivity contribution in [3.8, 4) is 0 Å². The van der Waals surface area contributed by atoms with E-state index in [2.05, 4.69) is 124 Å². The fourth-order valence-electron chi connectivity index (χ4n) is 4.49. The molecule has 0 heterocycles. The molecule has 0 amide bonds. The number of rotatable bonds is 12. The van der Waals surface area contributed by atoms with Gasteiger partial charge in [0.25, 0.3) is 8.32 Å². The highest BCUT2D eigenvalue weighted by molar-refractivity contribution is 7.10. The Bertz CT molecular complexity index is 863. The van der Waals surface area contributed by atoms with Gasteiger partial charge in [-0.15, -0.1) is 0 Å². The predicted molar refractivity (Wildman–Crippen MR) is 147 cm³/mol. The van der Waals surface area contributed by atoms with Crippen molar-refractivity contribution >= 4 is 40.8 Å². The molecule has 0 N–H and O–H groups in total. The Kier molecular flexibility index (Phi) is 9.03. The fourth-order valence-corrected chi connectivity index (χ4v) is 18.4. The highest BCUT2D eigenvalue weighted by Crippen LogP contribution is 2.26. The molecular weight excluding hydrogens is 457 g/mol. The molecule has 3 rings (SSSR count). The first-order valence-corrected chi connectivity index (χ1v) is 19.5. The molecule has 0 fully saturated rings. The van der Waals surface area contributed by atoms with Crippen molar-refractivity contribution in [3.63, 3.8) is 0 Å². The number of hydrogen-bond acceptors (Lipinski definition) is 3. The van der Waals surface area contributed by atoms with E-state index in [1.54, 1.807) is 0 Å². The van der Waals surface area contributed by atoms with E-state index >= 15 is 0 Å². The summed E-state index contributed by atoms with van der Waals surface area (Å²) in [4.78, 5) is 0. The summed E-state index contributed by atoms with van der Waals surface area (Å²) < 4.78 is 19.8. The Labute approximate surface area is 203 Å². The molecule has 0 aliphatic heterocycles. The molecule has 33 heavy (non-hydrogen) atoms.